The van der Waals surface area contributed by atoms with E-state index in [4.69, 9.17) is 0 Å². The zero-order valence-corrected chi connectivity index (χ0v) is 41.5. The van der Waals surface area contributed by atoms with Crippen LogP contribution in [0.25, 0.3) is 11.1 Å². The smallest absolute Gasteiger partial charge is 0.0713 e. The summed E-state index contributed by atoms with van der Waals surface area (Å²) in [6.45, 7) is 22.9. The summed E-state index contributed by atoms with van der Waals surface area (Å²) in [5.74, 6) is 0. The monoisotopic (exact) mass is 877 g/mol. The number of anilines is 6. The standard InChI is InChI=1S/C65H68N2/c1-11-63(9,12-2)51-27-41-59-60-42-28-52(64(10,13-3)14-4)44-62(60)65(61(59)43-51,49-23-37-57(38-24-49)66(53-29-15-45(5)16-30-53)54-31-17-46(6)18-32-54)50-25-39-58(40-26-50)67(55-33-19-47(7)20-34-55)56-35-21-48(8)22-36-56/h15-44H,11-14H2,1-10H3. The molecule has 8 aromatic rings. The predicted octanol–water partition coefficient (Wildman–Crippen LogP) is 18.4. The van der Waals surface area contributed by atoms with Crippen LogP contribution in [0.5, 0.6) is 0 Å². The van der Waals surface area contributed by atoms with Crippen LogP contribution >= 0.6 is 0 Å². The Morgan fingerprint density at radius 1 is 0.328 bits per heavy atom. The highest BCUT2D eigenvalue weighted by Crippen LogP contribution is 2.58. The lowest BCUT2D eigenvalue weighted by Gasteiger charge is -2.37. The molecule has 2 heteroatoms. The van der Waals surface area contributed by atoms with Gasteiger partial charge in [-0.3, -0.25) is 0 Å². The number of benzene rings is 8. The molecule has 8 aromatic carbocycles. The van der Waals surface area contributed by atoms with Crippen molar-refractivity contribution in [2.45, 2.75) is 111 Å². The van der Waals surface area contributed by atoms with E-state index in [-0.39, 0.29) is 10.8 Å². The molecule has 0 aliphatic heterocycles. The third-order valence-corrected chi connectivity index (χ3v) is 15.9. The van der Waals surface area contributed by atoms with Gasteiger partial charge in [0.05, 0.1) is 5.41 Å². The van der Waals surface area contributed by atoms with Crippen LogP contribution < -0.4 is 9.80 Å². The van der Waals surface area contributed by atoms with E-state index in [2.05, 4.69) is 261 Å². The molecule has 0 fully saturated rings. The second-order valence-corrected chi connectivity index (χ2v) is 19.9. The topological polar surface area (TPSA) is 6.48 Å². The number of hydrogen-bond donors (Lipinski definition) is 0. The zero-order valence-electron chi connectivity index (χ0n) is 41.5. The highest BCUT2D eigenvalue weighted by molar-refractivity contribution is 5.88. The minimum absolute atomic E-state index is 0.0442. The van der Waals surface area contributed by atoms with Crippen LogP contribution in [-0.4, -0.2) is 0 Å². The summed E-state index contributed by atoms with van der Waals surface area (Å²) in [5.41, 5.74) is 22.0. The van der Waals surface area contributed by atoms with Gasteiger partial charge in [0.2, 0.25) is 0 Å². The van der Waals surface area contributed by atoms with E-state index in [0.717, 1.165) is 59.8 Å². The molecule has 1 aliphatic rings. The molecule has 0 saturated heterocycles. The van der Waals surface area contributed by atoms with E-state index < -0.39 is 5.41 Å². The molecule has 2 nitrogen and oxygen atoms in total. The van der Waals surface area contributed by atoms with Crippen LogP contribution in [0.15, 0.2) is 182 Å². The van der Waals surface area contributed by atoms with Gasteiger partial charge in [0, 0.05) is 34.1 Å². The predicted molar refractivity (Wildman–Crippen MR) is 288 cm³/mol. The first-order valence-corrected chi connectivity index (χ1v) is 24.7. The lowest BCUT2D eigenvalue weighted by molar-refractivity contribution is 0.437. The van der Waals surface area contributed by atoms with Gasteiger partial charge in [-0.2, -0.15) is 0 Å². The van der Waals surface area contributed by atoms with Gasteiger partial charge in [0.25, 0.3) is 0 Å². The van der Waals surface area contributed by atoms with E-state index in [1.807, 2.05) is 0 Å². The zero-order chi connectivity index (χ0) is 47.1. The number of rotatable bonds is 14. The number of hydrogen-bond acceptors (Lipinski definition) is 2. The number of aryl methyl sites for hydroxylation is 4. The van der Waals surface area contributed by atoms with E-state index >= 15 is 0 Å². The minimum Gasteiger partial charge on any atom is -0.311 e. The van der Waals surface area contributed by atoms with Crippen molar-refractivity contribution in [1.29, 1.82) is 0 Å². The van der Waals surface area contributed by atoms with Gasteiger partial charge in [0.15, 0.2) is 0 Å². The van der Waals surface area contributed by atoms with Crippen LogP contribution in [-0.2, 0) is 16.2 Å². The van der Waals surface area contributed by atoms with Gasteiger partial charge in [0.1, 0.15) is 0 Å². The summed E-state index contributed by atoms with van der Waals surface area (Å²) in [5, 5.41) is 0. The summed E-state index contributed by atoms with van der Waals surface area (Å²) in [4.78, 5) is 4.78. The Labute approximate surface area is 402 Å². The Morgan fingerprint density at radius 2 is 0.567 bits per heavy atom. The van der Waals surface area contributed by atoms with Gasteiger partial charge in [-0.25, -0.2) is 0 Å². The third kappa shape index (κ3) is 8.09. The van der Waals surface area contributed by atoms with Gasteiger partial charge in [-0.15, -0.1) is 0 Å². The van der Waals surface area contributed by atoms with Crippen LogP contribution in [0, 0.1) is 27.7 Å². The molecule has 0 spiro atoms. The molecule has 0 N–H and O–H groups in total. The highest BCUT2D eigenvalue weighted by atomic mass is 15.1. The summed E-state index contributed by atoms with van der Waals surface area (Å²) in [7, 11) is 0. The fourth-order valence-corrected chi connectivity index (χ4v) is 10.6. The van der Waals surface area contributed by atoms with Crippen LogP contribution in [0.1, 0.15) is 123 Å². The van der Waals surface area contributed by atoms with Gasteiger partial charge < -0.3 is 9.80 Å². The van der Waals surface area contributed by atoms with E-state index in [1.54, 1.807) is 0 Å². The summed E-state index contributed by atoms with van der Waals surface area (Å²) < 4.78 is 0. The molecule has 67 heavy (non-hydrogen) atoms. The molecule has 0 saturated carbocycles. The Bertz CT molecular complexity index is 2670. The maximum absolute atomic E-state index is 2.60. The summed E-state index contributed by atoms with van der Waals surface area (Å²) in [6, 6.07) is 69.7. The molecule has 0 radical (unpaired) electrons. The third-order valence-electron chi connectivity index (χ3n) is 15.9. The normalized spacial score (nSPS) is 13.0. The van der Waals surface area contributed by atoms with Gasteiger partial charge in [-0.1, -0.05) is 173 Å². The van der Waals surface area contributed by atoms with Crippen molar-refractivity contribution < 1.29 is 0 Å². The lowest BCUT2D eigenvalue weighted by Crippen LogP contribution is -2.30. The molecule has 0 aromatic heterocycles. The lowest BCUT2D eigenvalue weighted by atomic mass is 9.65. The van der Waals surface area contributed by atoms with Crippen LogP contribution in [0.2, 0.25) is 0 Å². The summed E-state index contributed by atoms with van der Waals surface area (Å²) >= 11 is 0. The second kappa shape index (κ2) is 18.2. The average molecular weight is 877 g/mol. The molecular weight excluding hydrogens is 809 g/mol. The Kier molecular flexibility index (Phi) is 12.4. The summed E-state index contributed by atoms with van der Waals surface area (Å²) in [6.07, 6.45) is 4.29. The van der Waals surface area contributed by atoms with Gasteiger partial charge in [-0.05, 0) is 182 Å². The fourth-order valence-electron chi connectivity index (χ4n) is 10.6. The number of fused-ring (bicyclic) bond motifs is 3. The Hall–Kier alpha value is -6.64. The first kappa shape index (κ1) is 45.5. The SMILES string of the molecule is CCC(C)(CC)c1ccc2c(c1)C(c1ccc(N(c3ccc(C)cc3)c3ccc(C)cc3)cc1)(c1ccc(N(c3ccc(C)cc3)c3ccc(C)cc3)cc1)c1cc(C(C)(CC)CC)ccc1-2. The molecule has 0 unspecified atom stereocenters. The molecule has 0 bridgehead atoms. The van der Waals surface area contributed by atoms with Crippen molar-refractivity contribution in [2.75, 3.05) is 9.80 Å². The van der Waals surface area contributed by atoms with Crippen LogP contribution in [0.4, 0.5) is 34.1 Å². The first-order valence-electron chi connectivity index (χ1n) is 24.7. The molecular formula is C65H68N2. The first-order chi connectivity index (χ1) is 32.3. The molecule has 1 aliphatic carbocycles. The highest BCUT2D eigenvalue weighted by Gasteiger charge is 2.47. The minimum atomic E-state index is -0.602. The maximum atomic E-state index is 2.60. The Morgan fingerprint density at radius 3 is 0.806 bits per heavy atom. The quantitative estimate of drug-likeness (QED) is 0.107. The van der Waals surface area contributed by atoms with Gasteiger partial charge >= 0.3 is 0 Å². The van der Waals surface area contributed by atoms with Crippen molar-refractivity contribution >= 4 is 34.1 Å². The van der Waals surface area contributed by atoms with Crippen molar-refractivity contribution in [3.63, 3.8) is 0 Å². The second-order valence-electron chi connectivity index (χ2n) is 19.9. The largest absolute Gasteiger partial charge is 0.311 e. The fraction of sp³-hybridized carbons (Fsp3) is 0.262. The molecule has 0 heterocycles. The van der Waals surface area contributed by atoms with Crippen molar-refractivity contribution in [2.24, 2.45) is 0 Å². The van der Waals surface area contributed by atoms with Crippen LogP contribution in [0.3, 0.4) is 0 Å². The van der Waals surface area contributed by atoms with Crippen molar-refractivity contribution in [3.8, 4) is 11.1 Å². The Balaban J connectivity index is 1.32. The van der Waals surface area contributed by atoms with E-state index in [9.17, 15) is 0 Å². The number of nitrogens with zero attached hydrogens (tertiary/aromatic N) is 2. The molecule has 0 amide bonds. The molecule has 0 atom stereocenters. The van der Waals surface area contributed by atoms with Crippen molar-refractivity contribution in [1.82, 2.24) is 0 Å². The van der Waals surface area contributed by atoms with Crippen molar-refractivity contribution in [3.05, 3.63) is 238 Å². The molecule has 9 rings (SSSR count). The maximum Gasteiger partial charge on any atom is 0.0713 e. The van der Waals surface area contributed by atoms with E-state index in [0.29, 0.717) is 0 Å². The molecule has 338 valence electrons. The van der Waals surface area contributed by atoms with E-state index in [1.165, 1.54) is 66.8 Å². The average Bonchev–Trinajstić information content (AvgIpc) is 3.66.